The second-order valence-electron chi connectivity index (χ2n) is 6.31. The van der Waals surface area contributed by atoms with Crippen molar-refractivity contribution in [1.29, 1.82) is 0 Å². The maximum Gasteiger partial charge on any atom is 0.238 e. The zero-order valence-electron chi connectivity index (χ0n) is 12.2. The molecule has 1 amide bonds. The van der Waals surface area contributed by atoms with Gasteiger partial charge >= 0.3 is 0 Å². The maximum absolute atomic E-state index is 11.8. The van der Waals surface area contributed by atoms with E-state index in [0.717, 1.165) is 32.5 Å². The van der Waals surface area contributed by atoms with Gasteiger partial charge in [-0.3, -0.25) is 10.1 Å². The van der Waals surface area contributed by atoms with Crippen LogP contribution in [0.25, 0.3) is 0 Å². The lowest BCUT2D eigenvalue weighted by atomic mass is 9.95. The van der Waals surface area contributed by atoms with E-state index in [9.17, 15) is 4.79 Å². The minimum atomic E-state index is -0.601. The summed E-state index contributed by atoms with van der Waals surface area (Å²) in [6, 6.07) is 0.483. The molecular formula is C14H27N3O2. The predicted octanol–water partition coefficient (Wildman–Crippen LogP) is 0.341. The number of hydrogen-bond acceptors (Lipinski definition) is 4. The van der Waals surface area contributed by atoms with Crippen LogP contribution in [-0.2, 0) is 9.53 Å². The number of primary amides is 1. The third-order valence-corrected chi connectivity index (χ3v) is 4.19. The molecule has 1 saturated carbocycles. The van der Waals surface area contributed by atoms with Gasteiger partial charge in [-0.2, -0.15) is 0 Å². The summed E-state index contributed by atoms with van der Waals surface area (Å²) >= 11 is 0. The number of likely N-dealkylation sites (tertiary alicyclic amines) is 1. The third-order valence-electron chi connectivity index (χ3n) is 4.19. The molecule has 5 heteroatoms. The highest BCUT2D eigenvalue weighted by Crippen LogP contribution is 2.24. The van der Waals surface area contributed by atoms with Crippen LogP contribution >= 0.6 is 0 Å². The van der Waals surface area contributed by atoms with Gasteiger partial charge in [-0.15, -0.1) is 0 Å². The van der Waals surface area contributed by atoms with Crippen molar-refractivity contribution in [3.05, 3.63) is 0 Å². The van der Waals surface area contributed by atoms with Crippen LogP contribution in [0.3, 0.4) is 0 Å². The van der Waals surface area contributed by atoms with Gasteiger partial charge in [0.15, 0.2) is 0 Å². The van der Waals surface area contributed by atoms with Gasteiger partial charge in [-0.05, 0) is 45.1 Å². The van der Waals surface area contributed by atoms with Gasteiger partial charge in [-0.1, -0.05) is 0 Å². The van der Waals surface area contributed by atoms with E-state index in [4.69, 9.17) is 10.5 Å². The van der Waals surface area contributed by atoms with Crippen LogP contribution in [0.2, 0.25) is 0 Å². The van der Waals surface area contributed by atoms with Crippen LogP contribution in [0, 0.1) is 5.92 Å². The highest BCUT2D eigenvalue weighted by atomic mass is 16.5. The summed E-state index contributed by atoms with van der Waals surface area (Å²) in [7, 11) is 1.75. The smallest absolute Gasteiger partial charge is 0.238 e. The number of carbonyl (C=O) groups excluding carboxylic acids is 1. The molecule has 2 rings (SSSR count). The van der Waals surface area contributed by atoms with Gasteiger partial charge in [0.2, 0.25) is 5.91 Å². The molecule has 2 atom stereocenters. The summed E-state index contributed by atoms with van der Waals surface area (Å²) in [6.07, 6.45) is 4.71. The highest BCUT2D eigenvalue weighted by Gasteiger charge is 2.39. The molecule has 1 heterocycles. The summed E-state index contributed by atoms with van der Waals surface area (Å²) in [4.78, 5) is 14.1. The number of nitrogens with one attached hydrogen (secondary N) is 1. The zero-order chi connectivity index (χ0) is 13.9. The summed E-state index contributed by atoms with van der Waals surface area (Å²) < 4.78 is 5.25. The number of piperidine rings is 1. The van der Waals surface area contributed by atoms with Gasteiger partial charge in [0.1, 0.15) is 5.54 Å². The lowest BCUT2D eigenvalue weighted by molar-refractivity contribution is -0.125. The van der Waals surface area contributed by atoms with Crippen LogP contribution in [0.4, 0.5) is 0 Å². The Morgan fingerprint density at radius 3 is 2.79 bits per heavy atom. The Morgan fingerprint density at radius 2 is 2.21 bits per heavy atom. The first kappa shape index (κ1) is 14.8. The summed E-state index contributed by atoms with van der Waals surface area (Å²) in [5, 5.41) is 3.41. The molecule has 0 aromatic rings. The minimum Gasteiger partial charge on any atom is -0.384 e. The van der Waals surface area contributed by atoms with Crippen LogP contribution < -0.4 is 11.1 Å². The second-order valence-corrected chi connectivity index (χ2v) is 6.31. The standard InChI is InChI=1S/C14H27N3O2/c1-14(13(15)18,16-12-5-6-12)10-17-7-3-4-11(8-17)9-19-2/h11-12,16H,3-10H2,1-2H3,(H2,15,18). The SMILES string of the molecule is COCC1CCCN(CC(C)(NC2CC2)C(N)=O)C1. The lowest BCUT2D eigenvalue weighted by Crippen LogP contribution is -2.61. The molecule has 5 nitrogen and oxygen atoms in total. The van der Waals surface area contributed by atoms with Crippen molar-refractivity contribution in [1.82, 2.24) is 10.2 Å². The minimum absolute atomic E-state index is 0.242. The average molecular weight is 269 g/mol. The number of methoxy groups -OCH3 is 1. The Kier molecular flexibility index (Phi) is 4.81. The summed E-state index contributed by atoms with van der Waals surface area (Å²) in [6.45, 7) is 5.50. The fourth-order valence-corrected chi connectivity index (χ4v) is 2.99. The average Bonchev–Trinajstić information content (AvgIpc) is 3.13. The Hall–Kier alpha value is -0.650. The maximum atomic E-state index is 11.8. The molecule has 2 unspecified atom stereocenters. The zero-order valence-corrected chi connectivity index (χ0v) is 12.2. The van der Waals surface area contributed by atoms with Crippen LogP contribution in [0.1, 0.15) is 32.6 Å². The van der Waals surface area contributed by atoms with E-state index in [1.165, 1.54) is 12.8 Å². The van der Waals surface area contributed by atoms with E-state index in [1.54, 1.807) is 7.11 Å². The first-order valence-corrected chi connectivity index (χ1v) is 7.32. The van der Waals surface area contributed by atoms with Crippen LogP contribution in [0.5, 0.6) is 0 Å². The number of nitrogens with zero attached hydrogens (tertiary/aromatic N) is 1. The van der Waals surface area contributed by atoms with Gasteiger partial charge in [0.05, 0.1) is 6.61 Å². The van der Waals surface area contributed by atoms with Crippen molar-refractivity contribution in [2.75, 3.05) is 33.4 Å². The molecule has 1 aliphatic carbocycles. The fourth-order valence-electron chi connectivity index (χ4n) is 2.99. The van der Waals surface area contributed by atoms with E-state index in [1.807, 2.05) is 6.92 Å². The monoisotopic (exact) mass is 269 g/mol. The molecule has 1 saturated heterocycles. The van der Waals surface area contributed by atoms with E-state index < -0.39 is 5.54 Å². The summed E-state index contributed by atoms with van der Waals surface area (Å²) in [5.74, 6) is 0.338. The quantitative estimate of drug-likeness (QED) is 0.699. The summed E-state index contributed by atoms with van der Waals surface area (Å²) in [5.41, 5.74) is 5.00. The molecule has 0 radical (unpaired) electrons. The third kappa shape index (κ3) is 4.16. The first-order chi connectivity index (χ1) is 9.03. The van der Waals surface area contributed by atoms with Crippen LogP contribution in [0.15, 0.2) is 0 Å². The molecule has 0 aromatic carbocycles. The second kappa shape index (κ2) is 6.20. The molecule has 19 heavy (non-hydrogen) atoms. The normalized spacial score (nSPS) is 28.0. The first-order valence-electron chi connectivity index (χ1n) is 7.32. The molecule has 110 valence electrons. The van der Waals surface area contributed by atoms with Crippen molar-refractivity contribution in [3.8, 4) is 0 Å². The molecule has 0 aromatic heterocycles. The van der Waals surface area contributed by atoms with E-state index in [0.29, 0.717) is 18.5 Å². The van der Waals surface area contributed by atoms with Gasteiger partial charge < -0.3 is 15.4 Å². The molecule has 2 aliphatic rings. The molecule has 2 fully saturated rings. The Labute approximate surface area is 115 Å². The number of ether oxygens (including phenoxy) is 1. The molecule has 1 aliphatic heterocycles. The molecule has 0 bridgehead atoms. The molecular weight excluding hydrogens is 242 g/mol. The highest BCUT2D eigenvalue weighted by molar-refractivity contribution is 5.84. The van der Waals surface area contributed by atoms with Crippen molar-refractivity contribution in [2.45, 2.75) is 44.2 Å². The number of nitrogens with two attached hydrogens (primary N) is 1. The number of rotatable bonds is 7. The molecule has 0 spiro atoms. The van der Waals surface area contributed by atoms with E-state index >= 15 is 0 Å². The van der Waals surface area contributed by atoms with Crippen molar-refractivity contribution in [3.63, 3.8) is 0 Å². The largest absolute Gasteiger partial charge is 0.384 e. The van der Waals surface area contributed by atoms with Crippen molar-refractivity contribution < 1.29 is 9.53 Å². The van der Waals surface area contributed by atoms with E-state index in [2.05, 4.69) is 10.2 Å². The Bertz CT molecular complexity index is 318. The topological polar surface area (TPSA) is 67.6 Å². The number of carbonyl (C=O) groups is 1. The number of amides is 1. The molecule has 3 N–H and O–H groups in total. The lowest BCUT2D eigenvalue weighted by Gasteiger charge is -2.38. The van der Waals surface area contributed by atoms with Gasteiger partial charge in [-0.25, -0.2) is 0 Å². The van der Waals surface area contributed by atoms with Crippen LogP contribution in [-0.4, -0.2) is 55.7 Å². The number of hydrogen-bond donors (Lipinski definition) is 2. The fraction of sp³-hybridized carbons (Fsp3) is 0.929. The Balaban J connectivity index is 1.90. The van der Waals surface area contributed by atoms with Crippen molar-refractivity contribution in [2.24, 2.45) is 11.7 Å². The Morgan fingerprint density at radius 1 is 1.47 bits per heavy atom. The van der Waals surface area contributed by atoms with E-state index in [-0.39, 0.29) is 5.91 Å². The predicted molar refractivity (Wildman–Crippen MR) is 74.8 cm³/mol. The van der Waals surface area contributed by atoms with Gasteiger partial charge in [0, 0.05) is 26.2 Å². The van der Waals surface area contributed by atoms with Crippen molar-refractivity contribution >= 4 is 5.91 Å². The van der Waals surface area contributed by atoms with Gasteiger partial charge in [0.25, 0.3) is 0 Å².